The fourth-order valence-electron chi connectivity index (χ4n) is 2.58. The summed E-state index contributed by atoms with van der Waals surface area (Å²) in [6, 6.07) is 13.0. The molecule has 0 N–H and O–H groups in total. The Morgan fingerprint density at radius 2 is 1.78 bits per heavy atom. The van der Waals surface area contributed by atoms with E-state index < -0.39 is 17.5 Å². The number of carbonyl (C=O) groups is 2. The fraction of sp³-hybridized carbons (Fsp3) is 0.263. The van der Waals surface area contributed by atoms with Crippen molar-refractivity contribution in [1.29, 1.82) is 0 Å². The van der Waals surface area contributed by atoms with Gasteiger partial charge >= 0.3 is 5.97 Å². The van der Waals surface area contributed by atoms with E-state index in [1.165, 1.54) is 17.0 Å². The number of amides is 1. The Hall–Kier alpha value is -3.42. The number of nitro groups is 1. The second kappa shape index (κ2) is 8.79. The Kier molecular flexibility index (Phi) is 6.48. The number of esters is 1. The molecule has 0 heterocycles. The van der Waals surface area contributed by atoms with Crippen molar-refractivity contribution >= 4 is 28.9 Å². The summed E-state index contributed by atoms with van der Waals surface area (Å²) < 4.78 is 5.14. The van der Waals surface area contributed by atoms with Crippen LogP contribution in [0.15, 0.2) is 48.5 Å². The van der Waals surface area contributed by atoms with Crippen LogP contribution in [0.3, 0.4) is 0 Å². The number of anilines is 2. The van der Waals surface area contributed by atoms with Gasteiger partial charge in [-0.25, -0.2) is 4.79 Å². The molecule has 0 spiro atoms. The minimum Gasteiger partial charge on any atom is -0.452 e. The second-order valence-corrected chi connectivity index (χ2v) is 5.90. The summed E-state index contributed by atoms with van der Waals surface area (Å²) in [5, 5.41) is 11.0. The average Bonchev–Trinajstić information content (AvgIpc) is 2.66. The van der Waals surface area contributed by atoms with Gasteiger partial charge in [0.15, 0.2) is 6.61 Å². The summed E-state index contributed by atoms with van der Waals surface area (Å²) in [6.45, 7) is 1.77. The van der Waals surface area contributed by atoms with Crippen molar-refractivity contribution in [3.8, 4) is 0 Å². The van der Waals surface area contributed by atoms with Crippen LogP contribution in [0.1, 0.15) is 17.3 Å². The lowest BCUT2D eigenvalue weighted by molar-refractivity contribution is -0.384. The van der Waals surface area contributed by atoms with Gasteiger partial charge in [0.1, 0.15) is 0 Å². The molecule has 2 aromatic rings. The molecule has 1 amide bonds. The van der Waals surface area contributed by atoms with Gasteiger partial charge in [0.25, 0.3) is 11.6 Å². The maximum absolute atomic E-state index is 12.5. The molecule has 2 rings (SSSR count). The predicted molar refractivity (Wildman–Crippen MR) is 102 cm³/mol. The molecule has 27 heavy (non-hydrogen) atoms. The number of rotatable bonds is 7. The first-order chi connectivity index (χ1) is 12.8. The zero-order chi connectivity index (χ0) is 20.0. The summed E-state index contributed by atoms with van der Waals surface area (Å²) in [6.07, 6.45) is 0. The SMILES string of the molecule is CCN(C(=O)COC(=O)c1cc([N+](=O)[O-])ccc1N(C)C)c1ccccc1. The molecule has 0 aromatic heterocycles. The molecule has 0 fully saturated rings. The van der Waals surface area contributed by atoms with E-state index in [-0.39, 0.29) is 17.2 Å². The van der Waals surface area contributed by atoms with Crippen LogP contribution in [0.4, 0.5) is 17.1 Å². The minimum atomic E-state index is -0.792. The van der Waals surface area contributed by atoms with E-state index in [4.69, 9.17) is 4.74 Å². The first-order valence-electron chi connectivity index (χ1n) is 8.33. The van der Waals surface area contributed by atoms with Gasteiger partial charge in [0.2, 0.25) is 0 Å². The number of nitrogens with zero attached hydrogens (tertiary/aromatic N) is 3. The standard InChI is InChI=1S/C19H21N3O5/c1-4-21(14-8-6-5-7-9-14)18(23)13-27-19(24)16-12-15(22(25)26)10-11-17(16)20(2)3/h5-12H,4,13H2,1-3H3. The number of nitro benzene ring substituents is 1. The molecule has 8 heteroatoms. The van der Waals surface area contributed by atoms with Gasteiger partial charge in [-0.3, -0.25) is 14.9 Å². The molecule has 0 aliphatic carbocycles. The number of benzene rings is 2. The van der Waals surface area contributed by atoms with Gasteiger partial charge in [0, 0.05) is 38.5 Å². The first-order valence-corrected chi connectivity index (χ1v) is 8.33. The van der Waals surface area contributed by atoms with Crippen molar-refractivity contribution in [1.82, 2.24) is 0 Å². The summed E-state index contributed by atoms with van der Waals surface area (Å²) in [7, 11) is 3.41. The van der Waals surface area contributed by atoms with Crippen molar-refractivity contribution in [2.75, 3.05) is 37.0 Å². The number of carbonyl (C=O) groups excluding carboxylic acids is 2. The second-order valence-electron chi connectivity index (χ2n) is 5.90. The Balaban J connectivity index is 2.16. The van der Waals surface area contributed by atoms with Crippen LogP contribution in [0.5, 0.6) is 0 Å². The van der Waals surface area contributed by atoms with Crippen LogP contribution in [-0.2, 0) is 9.53 Å². The lowest BCUT2D eigenvalue weighted by Crippen LogP contribution is -2.34. The molecule has 0 aliphatic rings. The molecule has 0 unspecified atom stereocenters. The highest BCUT2D eigenvalue weighted by atomic mass is 16.6. The summed E-state index contributed by atoms with van der Waals surface area (Å²) >= 11 is 0. The molecular weight excluding hydrogens is 350 g/mol. The number of ether oxygens (including phenoxy) is 1. The van der Waals surface area contributed by atoms with Crippen molar-refractivity contribution in [3.05, 3.63) is 64.2 Å². The van der Waals surface area contributed by atoms with Crippen LogP contribution >= 0.6 is 0 Å². The Morgan fingerprint density at radius 1 is 1.11 bits per heavy atom. The molecule has 0 saturated heterocycles. The number of hydrogen-bond acceptors (Lipinski definition) is 6. The van der Waals surface area contributed by atoms with Crippen LogP contribution in [0, 0.1) is 10.1 Å². The third-order valence-electron chi connectivity index (χ3n) is 3.90. The third kappa shape index (κ3) is 4.81. The highest BCUT2D eigenvalue weighted by Crippen LogP contribution is 2.25. The van der Waals surface area contributed by atoms with E-state index in [0.29, 0.717) is 17.9 Å². The van der Waals surface area contributed by atoms with E-state index in [2.05, 4.69) is 0 Å². The number of likely N-dealkylation sites (N-methyl/N-ethyl adjacent to an activating group) is 1. The molecule has 0 bridgehead atoms. The predicted octanol–water partition coefficient (Wildman–Crippen LogP) is 2.87. The smallest absolute Gasteiger partial charge is 0.341 e. The molecular formula is C19H21N3O5. The third-order valence-corrected chi connectivity index (χ3v) is 3.90. The van der Waals surface area contributed by atoms with Gasteiger partial charge in [-0.2, -0.15) is 0 Å². The zero-order valence-corrected chi connectivity index (χ0v) is 15.4. The summed E-state index contributed by atoms with van der Waals surface area (Å²) in [4.78, 5) is 38.4. The Bertz CT molecular complexity index is 836. The van der Waals surface area contributed by atoms with Crippen LogP contribution < -0.4 is 9.80 Å². The molecule has 8 nitrogen and oxygen atoms in total. The maximum Gasteiger partial charge on any atom is 0.341 e. The van der Waals surface area contributed by atoms with E-state index in [1.54, 1.807) is 31.1 Å². The van der Waals surface area contributed by atoms with E-state index >= 15 is 0 Å². The number of para-hydroxylation sites is 1. The summed E-state index contributed by atoms with van der Waals surface area (Å²) in [5.74, 6) is -1.17. The molecule has 0 atom stereocenters. The maximum atomic E-state index is 12.5. The van der Waals surface area contributed by atoms with Crippen molar-refractivity contribution in [2.24, 2.45) is 0 Å². The van der Waals surface area contributed by atoms with Crippen molar-refractivity contribution in [2.45, 2.75) is 6.92 Å². The highest BCUT2D eigenvalue weighted by molar-refractivity contribution is 6.00. The Morgan fingerprint density at radius 3 is 2.33 bits per heavy atom. The monoisotopic (exact) mass is 371 g/mol. The highest BCUT2D eigenvalue weighted by Gasteiger charge is 2.21. The molecule has 2 aromatic carbocycles. The van der Waals surface area contributed by atoms with Crippen LogP contribution in [-0.4, -0.2) is 44.0 Å². The van der Waals surface area contributed by atoms with Gasteiger partial charge in [0.05, 0.1) is 16.2 Å². The first kappa shape index (κ1) is 19.9. The molecule has 142 valence electrons. The normalized spacial score (nSPS) is 10.2. The van der Waals surface area contributed by atoms with Gasteiger partial charge < -0.3 is 14.5 Å². The van der Waals surface area contributed by atoms with Crippen LogP contribution in [0.2, 0.25) is 0 Å². The fourth-order valence-corrected chi connectivity index (χ4v) is 2.58. The lowest BCUT2D eigenvalue weighted by atomic mass is 10.1. The van der Waals surface area contributed by atoms with E-state index in [1.807, 2.05) is 25.1 Å². The van der Waals surface area contributed by atoms with E-state index in [0.717, 1.165) is 6.07 Å². The van der Waals surface area contributed by atoms with Crippen LogP contribution in [0.25, 0.3) is 0 Å². The van der Waals surface area contributed by atoms with Crippen molar-refractivity contribution in [3.63, 3.8) is 0 Å². The number of non-ortho nitro benzene ring substituents is 1. The average molecular weight is 371 g/mol. The molecule has 0 aliphatic heterocycles. The quantitative estimate of drug-likeness (QED) is 0.422. The zero-order valence-electron chi connectivity index (χ0n) is 15.4. The molecule has 0 saturated carbocycles. The van der Waals surface area contributed by atoms with Crippen molar-refractivity contribution < 1.29 is 19.2 Å². The van der Waals surface area contributed by atoms with E-state index in [9.17, 15) is 19.7 Å². The largest absolute Gasteiger partial charge is 0.452 e. The van der Waals surface area contributed by atoms with Gasteiger partial charge in [-0.05, 0) is 25.1 Å². The topological polar surface area (TPSA) is 93.0 Å². The van der Waals surface area contributed by atoms with Gasteiger partial charge in [-0.15, -0.1) is 0 Å². The number of hydrogen-bond donors (Lipinski definition) is 0. The Labute approximate surface area is 157 Å². The molecule has 0 radical (unpaired) electrons. The van der Waals surface area contributed by atoms with Gasteiger partial charge in [-0.1, -0.05) is 18.2 Å². The minimum absolute atomic E-state index is 0.0322. The lowest BCUT2D eigenvalue weighted by Gasteiger charge is -2.21. The summed E-state index contributed by atoms with van der Waals surface area (Å²) in [5.41, 5.74) is 0.974.